The van der Waals surface area contributed by atoms with E-state index in [1.54, 1.807) is 19.1 Å². The van der Waals surface area contributed by atoms with Crippen LogP contribution in [0.3, 0.4) is 0 Å². The molecule has 1 aliphatic heterocycles. The Kier molecular flexibility index (Phi) is 4.71. The summed E-state index contributed by atoms with van der Waals surface area (Å²) in [4.78, 5) is 26.8. The van der Waals surface area contributed by atoms with E-state index in [0.717, 1.165) is 16.7 Å². The van der Waals surface area contributed by atoms with Gasteiger partial charge in [-0.1, -0.05) is 18.2 Å². The zero-order valence-corrected chi connectivity index (χ0v) is 15.5. The molecule has 8 nitrogen and oxygen atoms in total. The van der Waals surface area contributed by atoms with Crippen molar-refractivity contribution in [3.63, 3.8) is 0 Å². The number of fused-ring (bicyclic) bond motifs is 3. The summed E-state index contributed by atoms with van der Waals surface area (Å²) in [7, 11) is -3.60. The Bertz CT molecular complexity index is 1090. The molecule has 2 aromatic rings. The molecule has 3 rings (SSSR count). The second-order valence-corrected chi connectivity index (χ2v) is 8.12. The van der Waals surface area contributed by atoms with Crippen LogP contribution >= 0.6 is 0 Å². The number of sulfone groups is 1. The van der Waals surface area contributed by atoms with E-state index in [-0.39, 0.29) is 22.7 Å². The average molecular weight is 387 g/mol. The molecule has 27 heavy (non-hydrogen) atoms. The minimum atomic E-state index is -3.60. The summed E-state index contributed by atoms with van der Waals surface area (Å²) in [5.41, 5.74) is 9.30. The molecule has 0 spiro atoms. The molecule has 0 radical (unpaired) electrons. The van der Waals surface area contributed by atoms with Crippen molar-refractivity contribution in [3.05, 3.63) is 52.6 Å². The lowest BCUT2D eigenvalue weighted by Crippen LogP contribution is -2.37. The third kappa shape index (κ3) is 3.41. The lowest BCUT2D eigenvalue weighted by Gasteiger charge is -2.23. The molecule has 2 aromatic carbocycles. The van der Waals surface area contributed by atoms with E-state index in [4.69, 9.17) is 5.73 Å². The summed E-state index contributed by atoms with van der Waals surface area (Å²) < 4.78 is 25.5. The molecule has 0 bridgehead atoms. The minimum absolute atomic E-state index is 0.0511. The Hall–Kier alpha value is -3.20. The molecule has 0 unspecified atom stereocenters. The average Bonchev–Trinajstić information content (AvgIpc) is 2.58. The first-order chi connectivity index (χ1) is 12.7. The van der Waals surface area contributed by atoms with Crippen molar-refractivity contribution < 1.29 is 22.8 Å². The summed E-state index contributed by atoms with van der Waals surface area (Å²) in [6.07, 6.45) is 0. The van der Waals surface area contributed by atoms with Gasteiger partial charge in [0.25, 0.3) is 5.91 Å². The molecular formula is C18H17N3O5S. The fourth-order valence-corrected chi connectivity index (χ4v) is 4.79. The van der Waals surface area contributed by atoms with Crippen molar-refractivity contribution >= 4 is 28.2 Å². The number of hydrogen-bond acceptors (Lipinski definition) is 6. The van der Waals surface area contributed by atoms with Crippen LogP contribution in [0.25, 0.3) is 11.1 Å². The van der Waals surface area contributed by atoms with Crippen LogP contribution in [0.15, 0.2) is 40.4 Å². The maximum Gasteiger partial charge on any atom is 0.323 e. The third-order valence-electron chi connectivity index (χ3n) is 4.32. The standard InChI is InChI=1S/C18H17N3O5S/c1-10-4-3-5-12-8-27(24,25)15-7-13(11(2)6-14(15)16(10)12)17(23)20-18(19)21-26-9-22/h3-7,9H,8H2,1-2H3,(H3,19,20,21,23). The molecule has 1 heterocycles. The Morgan fingerprint density at radius 3 is 2.70 bits per heavy atom. The number of oxime groups is 1. The molecule has 0 aliphatic carbocycles. The van der Waals surface area contributed by atoms with Crippen LogP contribution in [0, 0.1) is 13.8 Å². The normalized spacial score (nSPS) is 14.7. The van der Waals surface area contributed by atoms with Gasteiger partial charge >= 0.3 is 6.47 Å². The first kappa shape index (κ1) is 18.6. The summed E-state index contributed by atoms with van der Waals surface area (Å²) >= 11 is 0. The van der Waals surface area contributed by atoms with E-state index in [1.807, 2.05) is 19.1 Å². The van der Waals surface area contributed by atoms with Crippen LogP contribution in [-0.4, -0.2) is 26.8 Å². The molecule has 0 saturated heterocycles. The fraction of sp³-hybridized carbons (Fsp3) is 0.167. The van der Waals surface area contributed by atoms with Gasteiger partial charge in [-0.2, -0.15) is 0 Å². The number of nitrogens with two attached hydrogens (primary N) is 1. The van der Waals surface area contributed by atoms with Crippen LogP contribution in [0.1, 0.15) is 27.0 Å². The molecule has 0 fully saturated rings. The van der Waals surface area contributed by atoms with Gasteiger partial charge in [-0.3, -0.25) is 14.9 Å². The SMILES string of the molecule is Cc1cc2c(cc1C(=O)NC(N)=NOC=O)S(=O)(=O)Cc1cccc(C)c1-2. The van der Waals surface area contributed by atoms with Crippen LogP contribution in [0.4, 0.5) is 0 Å². The van der Waals surface area contributed by atoms with E-state index in [0.29, 0.717) is 11.1 Å². The second-order valence-electron chi connectivity index (χ2n) is 6.16. The highest BCUT2D eigenvalue weighted by Crippen LogP contribution is 2.40. The van der Waals surface area contributed by atoms with E-state index in [1.165, 1.54) is 6.07 Å². The molecule has 0 atom stereocenters. The summed E-state index contributed by atoms with van der Waals surface area (Å²) in [6, 6.07) is 8.57. The number of rotatable bonds is 3. The van der Waals surface area contributed by atoms with E-state index in [9.17, 15) is 18.0 Å². The van der Waals surface area contributed by atoms with Crippen molar-refractivity contribution in [2.75, 3.05) is 0 Å². The Balaban J connectivity index is 2.12. The van der Waals surface area contributed by atoms with Gasteiger partial charge < -0.3 is 10.6 Å². The highest BCUT2D eigenvalue weighted by Gasteiger charge is 2.30. The summed E-state index contributed by atoms with van der Waals surface area (Å²) in [6.45, 7) is 3.67. The predicted molar refractivity (Wildman–Crippen MR) is 98.5 cm³/mol. The molecule has 1 amide bonds. The van der Waals surface area contributed by atoms with E-state index < -0.39 is 21.7 Å². The van der Waals surface area contributed by atoms with Crippen molar-refractivity contribution in [2.45, 2.75) is 24.5 Å². The number of carbonyl (C=O) groups excluding carboxylic acids is 2. The summed E-state index contributed by atoms with van der Waals surface area (Å²) in [5.74, 6) is -1.21. The van der Waals surface area contributed by atoms with E-state index >= 15 is 0 Å². The zero-order chi connectivity index (χ0) is 19.8. The van der Waals surface area contributed by atoms with Gasteiger partial charge in [0, 0.05) is 11.1 Å². The van der Waals surface area contributed by atoms with Crippen molar-refractivity contribution in [1.29, 1.82) is 0 Å². The van der Waals surface area contributed by atoms with Crippen molar-refractivity contribution in [1.82, 2.24) is 5.32 Å². The lowest BCUT2D eigenvalue weighted by atomic mass is 9.92. The number of carbonyl (C=O) groups is 2. The lowest BCUT2D eigenvalue weighted by molar-refractivity contribution is -0.128. The van der Waals surface area contributed by atoms with E-state index in [2.05, 4.69) is 15.3 Å². The fourth-order valence-electron chi connectivity index (χ4n) is 3.19. The number of hydrogen-bond donors (Lipinski definition) is 2. The highest BCUT2D eigenvalue weighted by molar-refractivity contribution is 7.90. The number of amides is 1. The maximum atomic E-state index is 12.8. The third-order valence-corrected chi connectivity index (χ3v) is 6.01. The predicted octanol–water partition coefficient (Wildman–Crippen LogP) is 1.39. The minimum Gasteiger partial charge on any atom is -0.367 e. The van der Waals surface area contributed by atoms with Crippen molar-refractivity contribution in [3.8, 4) is 11.1 Å². The van der Waals surface area contributed by atoms with Gasteiger partial charge in [0.1, 0.15) is 0 Å². The van der Waals surface area contributed by atoms with Gasteiger partial charge in [-0.25, -0.2) is 8.42 Å². The topological polar surface area (TPSA) is 128 Å². The van der Waals surface area contributed by atoms with Gasteiger partial charge in [-0.05, 0) is 53.4 Å². The number of nitrogens with zero attached hydrogens (tertiary/aromatic N) is 1. The Morgan fingerprint density at radius 1 is 1.26 bits per heavy atom. The highest BCUT2D eigenvalue weighted by atomic mass is 32.2. The quantitative estimate of drug-likeness (QED) is 0.269. The number of benzene rings is 2. The largest absolute Gasteiger partial charge is 0.367 e. The Morgan fingerprint density at radius 2 is 2.00 bits per heavy atom. The first-order valence-electron chi connectivity index (χ1n) is 7.95. The van der Waals surface area contributed by atoms with Crippen molar-refractivity contribution in [2.24, 2.45) is 10.9 Å². The molecule has 1 aliphatic rings. The smallest absolute Gasteiger partial charge is 0.323 e. The molecule has 9 heteroatoms. The molecule has 0 saturated carbocycles. The first-order valence-corrected chi connectivity index (χ1v) is 9.60. The van der Waals surface area contributed by atoms with Gasteiger partial charge in [-0.15, -0.1) is 0 Å². The molecule has 140 valence electrons. The number of guanidine groups is 1. The summed E-state index contributed by atoms with van der Waals surface area (Å²) in [5, 5.41) is 5.42. The van der Waals surface area contributed by atoms with Crippen LogP contribution in [0.5, 0.6) is 0 Å². The zero-order valence-electron chi connectivity index (χ0n) is 14.6. The number of nitrogens with one attached hydrogen (secondary N) is 1. The monoisotopic (exact) mass is 387 g/mol. The second kappa shape index (κ2) is 6.84. The van der Waals surface area contributed by atoms with Gasteiger partial charge in [0.2, 0.25) is 5.96 Å². The Labute approximate surface area is 155 Å². The number of aryl methyl sites for hydroxylation is 2. The van der Waals surface area contributed by atoms with Gasteiger partial charge in [0.05, 0.1) is 10.6 Å². The molecule has 0 aromatic heterocycles. The van der Waals surface area contributed by atoms with Crippen LogP contribution in [-0.2, 0) is 25.2 Å². The van der Waals surface area contributed by atoms with Crippen LogP contribution < -0.4 is 11.1 Å². The molecule has 3 N–H and O–H groups in total. The maximum absolute atomic E-state index is 12.8. The van der Waals surface area contributed by atoms with Crippen LogP contribution in [0.2, 0.25) is 0 Å². The molecular weight excluding hydrogens is 370 g/mol. The van der Waals surface area contributed by atoms with Gasteiger partial charge in [0.15, 0.2) is 9.84 Å².